The molecule has 0 fully saturated rings. The van der Waals surface area contributed by atoms with Crippen LogP contribution in [-0.4, -0.2) is 35.1 Å². The molecule has 0 saturated heterocycles. The zero-order valence-corrected chi connectivity index (χ0v) is 21.0. The van der Waals surface area contributed by atoms with E-state index in [0.29, 0.717) is 17.1 Å². The minimum atomic E-state index is -4.13. The van der Waals surface area contributed by atoms with Gasteiger partial charge in [-0.05, 0) is 60.7 Å². The van der Waals surface area contributed by atoms with E-state index in [0.717, 1.165) is 20.3 Å². The van der Waals surface area contributed by atoms with Crippen molar-refractivity contribution in [2.75, 3.05) is 25.1 Å². The highest BCUT2D eigenvalue weighted by molar-refractivity contribution is 7.92. The zero-order chi connectivity index (χ0) is 24.9. The maximum Gasteiger partial charge on any atom is 0.264 e. The van der Waals surface area contributed by atoms with E-state index in [1.54, 1.807) is 12.1 Å². The Hall–Kier alpha value is -3.50. The molecule has 0 aliphatic heterocycles. The molecule has 0 bridgehead atoms. The van der Waals surface area contributed by atoms with E-state index in [-0.39, 0.29) is 10.6 Å². The van der Waals surface area contributed by atoms with E-state index >= 15 is 0 Å². The number of hydrogen-bond acceptors (Lipinski definition) is 7. The topological polar surface area (TPSA) is 97.0 Å². The quantitative estimate of drug-likeness (QED) is 0.410. The number of anilines is 1. The number of methoxy groups -OCH3 is 2. The number of sulfonamides is 1. The second kappa shape index (κ2) is 10.6. The summed E-state index contributed by atoms with van der Waals surface area (Å²) in [5.41, 5.74) is 7.89. The summed E-state index contributed by atoms with van der Waals surface area (Å²) in [7, 11) is -1.24. The molecule has 2 N–H and O–H groups in total. The smallest absolute Gasteiger partial charge is 0.264 e. The van der Waals surface area contributed by atoms with E-state index in [4.69, 9.17) is 9.47 Å². The number of aryl methyl sites for hydroxylation is 2. The summed E-state index contributed by atoms with van der Waals surface area (Å²) in [6, 6.07) is 13.4. The summed E-state index contributed by atoms with van der Waals surface area (Å²) >= 11 is 1.46. The van der Waals surface area contributed by atoms with Gasteiger partial charge in [0.25, 0.3) is 15.9 Å². The van der Waals surface area contributed by atoms with E-state index in [1.807, 2.05) is 37.4 Å². The van der Waals surface area contributed by atoms with Crippen LogP contribution < -0.4 is 24.6 Å². The molecule has 8 nitrogen and oxygen atoms in total. The maximum absolute atomic E-state index is 13.7. The van der Waals surface area contributed by atoms with Crippen LogP contribution in [0.1, 0.15) is 16.0 Å². The highest BCUT2D eigenvalue weighted by atomic mass is 32.2. The number of amides is 1. The third-order valence-electron chi connectivity index (χ3n) is 4.90. The minimum absolute atomic E-state index is 0.0342. The first kappa shape index (κ1) is 25.1. The SMILES string of the molecule is C=C(NNC(=O)CN(c1cc(C)cc(C)c1)S(=O)(=O)c1ccc(OC)c(OC)c1)c1cccs1. The molecule has 0 unspecified atom stereocenters. The van der Waals surface area contributed by atoms with Crippen LogP contribution in [0, 0.1) is 13.8 Å². The highest BCUT2D eigenvalue weighted by Gasteiger charge is 2.29. The van der Waals surface area contributed by atoms with Crippen LogP contribution in [0.5, 0.6) is 11.5 Å². The summed E-state index contributed by atoms with van der Waals surface area (Å²) in [6.07, 6.45) is 0. The lowest BCUT2D eigenvalue weighted by Gasteiger charge is -2.25. The van der Waals surface area contributed by atoms with Crippen LogP contribution in [0.15, 0.2) is 65.4 Å². The number of carbonyl (C=O) groups excluding carboxylic acids is 1. The van der Waals surface area contributed by atoms with Gasteiger partial charge in [-0.1, -0.05) is 18.7 Å². The van der Waals surface area contributed by atoms with Gasteiger partial charge in [0.2, 0.25) is 0 Å². The predicted octanol–water partition coefficient (Wildman–Crippen LogP) is 3.87. The van der Waals surface area contributed by atoms with Gasteiger partial charge in [0.15, 0.2) is 11.5 Å². The molecule has 1 heterocycles. The molecular formula is C24H27N3O5S2. The van der Waals surface area contributed by atoms with Crippen LogP contribution in [0.25, 0.3) is 5.70 Å². The molecule has 0 aliphatic carbocycles. The van der Waals surface area contributed by atoms with Crippen molar-refractivity contribution in [1.82, 2.24) is 10.9 Å². The van der Waals surface area contributed by atoms with Crippen molar-refractivity contribution in [1.29, 1.82) is 0 Å². The Morgan fingerprint density at radius 2 is 1.68 bits per heavy atom. The molecule has 1 amide bonds. The van der Waals surface area contributed by atoms with Crippen molar-refractivity contribution in [3.8, 4) is 11.5 Å². The normalized spacial score (nSPS) is 10.9. The molecule has 0 saturated carbocycles. The number of thiophene rings is 1. The van der Waals surface area contributed by atoms with Gasteiger partial charge in [0.1, 0.15) is 6.54 Å². The van der Waals surface area contributed by atoms with E-state index in [2.05, 4.69) is 17.4 Å². The fraction of sp³-hybridized carbons (Fsp3) is 0.208. The first-order valence-corrected chi connectivity index (χ1v) is 12.6. The molecule has 0 radical (unpaired) electrons. The number of ether oxygens (including phenoxy) is 2. The van der Waals surface area contributed by atoms with Crippen molar-refractivity contribution in [3.05, 3.63) is 76.5 Å². The first-order valence-electron chi connectivity index (χ1n) is 10.3. The van der Waals surface area contributed by atoms with Crippen LogP contribution in [0.3, 0.4) is 0 Å². The number of benzene rings is 2. The molecular weight excluding hydrogens is 474 g/mol. The molecule has 34 heavy (non-hydrogen) atoms. The second-order valence-electron chi connectivity index (χ2n) is 7.50. The lowest BCUT2D eigenvalue weighted by atomic mass is 10.1. The Morgan fingerprint density at radius 1 is 1.00 bits per heavy atom. The maximum atomic E-state index is 13.7. The number of hydrazine groups is 1. The fourth-order valence-electron chi connectivity index (χ4n) is 3.34. The third kappa shape index (κ3) is 5.70. The van der Waals surface area contributed by atoms with Gasteiger partial charge in [-0.25, -0.2) is 8.42 Å². The number of hydrogen-bond donors (Lipinski definition) is 2. The van der Waals surface area contributed by atoms with E-state index in [1.165, 1.54) is 43.8 Å². The van der Waals surface area contributed by atoms with Gasteiger partial charge < -0.3 is 9.47 Å². The molecule has 2 aromatic carbocycles. The van der Waals surface area contributed by atoms with Crippen LogP contribution >= 0.6 is 11.3 Å². The van der Waals surface area contributed by atoms with Crippen LogP contribution in [-0.2, 0) is 14.8 Å². The summed E-state index contributed by atoms with van der Waals surface area (Å²) in [5, 5.41) is 1.89. The molecule has 1 aromatic heterocycles. The van der Waals surface area contributed by atoms with Crippen molar-refractivity contribution in [2.24, 2.45) is 0 Å². The summed E-state index contributed by atoms with van der Waals surface area (Å²) in [4.78, 5) is 13.6. The van der Waals surface area contributed by atoms with Gasteiger partial charge in [0, 0.05) is 6.07 Å². The lowest BCUT2D eigenvalue weighted by Crippen LogP contribution is -2.45. The number of nitrogens with zero attached hydrogens (tertiary/aromatic N) is 1. The molecule has 10 heteroatoms. The fourth-order valence-corrected chi connectivity index (χ4v) is 5.42. The summed E-state index contributed by atoms with van der Waals surface area (Å²) < 4.78 is 39.0. The lowest BCUT2D eigenvalue weighted by molar-refractivity contribution is -0.120. The molecule has 3 aromatic rings. The number of nitrogens with one attached hydrogen (secondary N) is 2. The van der Waals surface area contributed by atoms with Gasteiger partial charge in [-0.15, -0.1) is 11.3 Å². The largest absolute Gasteiger partial charge is 0.493 e. The van der Waals surface area contributed by atoms with Crippen molar-refractivity contribution >= 4 is 38.7 Å². The minimum Gasteiger partial charge on any atom is -0.493 e. The van der Waals surface area contributed by atoms with Crippen molar-refractivity contribution in [3.63, 3.8) is 0 Å². The molecule has 0 aliphatic rings. The number of carbonyl (C=O) groups is 1. The average Bonchev–Trinajstić information content (AvgIpc) is 3.34. The van der Waals surface area contributed by atoms with Crippen molar-refractivity contribution < 1.29 is 22.7 Å². The van der Waals surface area contributed by atoms with Crippen molar-refractivity contribution in [2.45, 2.75) is 18.7 Å². The van der Waals surface area contributed by atoms with E-state index in [9.17, 15) is 13.2 Å². The Kier molecular flexibility index (Phi) is 7.85. The molecule has 0 spiro atoms. The highest BCUT2D eigenvalue weighted by Crippen LogP contribution is 2.32. The number of rotatable bonds is 10. The van der Waals surface area contributed by atoms with Crippen LogP contribution in [0.4, 0.5) is 5.69 Å². The Morgan fingerprint density at radius 3 is 2.26 bits per heavy atom. The molecule has 3 rings (SSSR count). The van der Waals surface area contributed by atoms with Crippen LogP contribution in [0.2, 0.25) is 0 Å². The standard InChI is InChI=1S/C24H27N3O5S2/c1-16-11-17(2)13-19(12-16)27(15-24(28)26-25-18(3)23-7-6-10-33-23)34(29,30)20-8-9-21(31-4)22(14-20)32-5/h6-14,25H,3,15H2,1-2,4-5H3,(H,26,28). The monoisotopic (exact) mass is 501 g/mol. The molecule has 0 atom stereocenters. The van der Waals surface area contributed by atoms with Gasteiger partial charge in [-0.3, -0.25) is 20.0 Å². The second-order valence-corrected chi connectivity index (χ2v) is 10.3. The van der Waals surface area contributed by atoms with Gasteiger partial charge in [0.05, 0.1) is 35.4 Å². The third-order valence-corrected chi connectivity index (χ3v) is 7.60. The zero-order valence-electron chi connectivity index (χ0n) is 19.4. The summed E-state index contributed by atoms with van der Waals surface area (Å²) in [6.45, 7) is 7.17. The predicted molar refractivity (Wildman–Crippen MR) is 135 cm³/mol. The van der Waals surface area contributed by atoms with Gasteiger partial charge >= 0.3 is 0 Å². The first-order chi connectivity index (χ1) is 16.1. The Labute approximate surface area is 203 Å². The molecule has 180 valence electrons. The average molecular weight is 502 g/mol. The van der Waals surface area contributed by atoms with Gasteiger partial charge in [-0.2, -0.15) is 0 Å². The Bertz CT molecular complexity index is 1270. The van der Waals surface area contributed by atoms with E-state index < -0.39 is 22.5 Å². The summed E-state index contributed by atoms with van der Waals surface area (Å²) in [5.74, 6) is 0.108. The Balaban J connectivity index is 1.93.